The van der Waals surface area contributed by atoms with Crippen molar-refractivity contribution in [3.63, 3.8) is 0 Å². The molecule has 0 atom stereocenters. The van der Waals surface area contributed by atoms with Gasteiger partial charge in [0.1, 0.15) is 0 Å². The first-order valence-corrected chi connectivity index (χ1v) is 9.81. The molecule has 0 unspecified atom stereocenters. The molecule has 1 aromatic carbocycles. The van der Waals surface area contributed by atoms with Crippen molar-refractivity contribution in [1.29, 1.82) is 0 Å². The molecule has 1 aliphatic carbocycles. The van der Waals surface area contributed by atoms with E-state index < -0.39 is 0 Å². The van der Waals surface area contributed by atoms with Gasteiger partial charge in [-0.3, -0.25) is 9.48 Å². The first-order valence-electron chi connectivity index (χ1n) is 9.81. The van der Waals surface area contributed by atoms with Gasteiger partial charge in [-0.2, -0.15) is 10.2 Å². The summed E-state index contributed by atoms with van der Waals surface area (Å²) < 4.78 is 3.57. The van der Waals surface area contributed by atoms with Crippen LogP contribution in [-0.4, -0.2) is 30.5 Å². The molecular formula is C22H22N6O. The van der Waals surface area contributed by atoms with Crippen LogP contribution in [0, 0.1) is 6.92 Å². The lowest BCUT2D eigenvalue weighted by atomic mass is 10.1. The van der Waals surface area contributed by atoms with Crippen LogP contribution in [-0.2, 0) is 13.6 Å². The normalized spacial score (nSPS) is 13.7. The Labute approximate surface area is 168 Å². The predicted molar refractivity (Wildman–Crippen MR) is 110 cm³/mol. The van der Waals surface area contributed by atoms with Gasteiger partial charge in [0.15, 0.2) is 5.65 Å². The highest BCUT2D eigenvalue weighted by molar-refractivity contribution is 6.06. The van der Waals surface area contributed by atoms with Crippen molar-refractivity contribution >= 4 is 16.9 Å². The molecule has 7 heteroatoms. The van der Waals surface area contributed by atoms with E-state index in [1.54, 1.807) is 10.9 Å². The number of fused-ring (bicyclic) bond motifs is 1. The quantitative estimate of drug-likeness (QED) is 0.571. The molecular weight excluding hydrogens is 364 g/mol. The number of hydrogen-bond acceptors (Lipinski definition) is 4. The van der Waals surface area contributed by atoms with Crippen LogP contribution >= 0.6 is 0 Å². The molecule has 1 amide bonds. The van der Waals surface area contributed by atoms with Gasteiger partial charge in [0.25, 0.3) is 5.91 Å². The first kappa shape index (κ1) is 17.6. The maximum absolute atomic E-state index is 13.1. The lowest BCUT2D eigenvalue weighted by Crippen LogP contribution is -2.23. The summed E-state index contributed by atoms with van der Waals surface area (Å²) in [6, 6.07) is 11.9. The Morgan fingerprint density at radius 1 is 1.24 bits per heavy atom. The van der Waals surface area contributed by atoms with Gasteiger partial charge in [-0.25, -0.2) is 9.67 Å². The third-order valence-corrected chi connectivity index (χ3v) is 5.29. The summed E-state index contributed by atoms with van der Waals surface area (Å²) in [6.07, 6.45) is 5.90. The lowest BCUT2D eigenvalue weighted by molar-refractivity contribution is 0.0952. The number of para-hydroxylation sites is 1. The largest absolute Gasteiger partial charge is 0.348 e. The summed E-state index contributed by atoms with van der Waals surface area (Å²) in [4.78, 5) is 18.0. The third-order valence-electron chi connectivity index (χ3n) is 5.29. The van der Waals surface area contributed by atoms with E-state index in [4.69, 9.17) is 10.1 Å². The highest BCUT2D eigenvalue weighted by Gasteiger charge is 2.29. The van der Waals surface area contributed by atoms with Gasteiger partial charge in [0, 0.05) is 37.0 Å². The Morgan fingerprint density at radius 3 is 2.72 bits per heavy atom. The van der Waals surface area contributed by atoms with Crippen LogP contribution in [0.15, 0.2) is 48.8 Å². The van der Waals surface area contributed by atoms with Crippen LogP contribution in [0.25, 0.3) is 16.7 Å². The smallest absolute Gasteiger partial charge is 0.252 e. The van der Waals surface area contributed by atoms with Crippen molar-refractivity contribution < 1.29 is 4.79 Å². The molecule has 3 heterocycles. The molecule has 0 bridgehead atoms. The molecule has 1 saturated carbocycles. The Bertz CT molecular complexity index is 1200. The van der Waals surface area contributed by atoms with Crippen molar-refractivity contribution in [3.8, 4) is 5.69 Å². The van der Waals surface area contributed by atoms with E-state index in [0.717, 1.165) is 46.5 Å². The van der Waals surface area contributed by atoms with Crippen LogP contribution in [0.5, 0.6) is 0 Å². The number of pyridine rings is 1. The zero-order chi connectivity index (χ0) is 20.0. The molecule has 4 aromatic rings. The van der Waals surface area contributed by atoms with Gasteiger partial charge < -0.3 is 5.32 Å². The number of benzene rings is 1. The van der Waals surface area contributed by atoms with Crippen molar-refractivity contribution in [1.82, 2.24) is 29.9 Å². The monoisotopic (exact) mass is 386 g/mol. The van der Waals surface area contributed by atoms with Crippen LogP contribution in [0.4, 0.5) is 0 Å². The molecule has 1 aliphatic rings. The number of nitrogens with one attached hydrogen (secondary N) is 1. The van der Waals surface area contributed by atoms with Crippen LogP contribution in [0.2, 0.25) is 0 Å². The lowest BCUT2D eigenvalue weighted by Gasteiger charge is -2.09. The zero-order valence-electron chi connectivity index (χ0n) is 16.5. The van der Waals surface area contributed by atoms with Crippen LogP contribution in [0.1, 0.15) is 46.1 Å². The summed E-state index contributed by atoms with van der Waals surface area (Å²) in [7, 11) is 1.86. The Morgan fingerprint density at radius 2 is 2.03 bits per heavy atom. The minimum atomic E-state index is -0.112. The number of hydrogen-bond donors (Lipinski definition) is 1. The van der Waals surface area contributed by atoms with Crippen molar-refractivity contribution in [2.45, 2.75) is 32.2 Å². The van der Waals surface area contributed by atoms with Gasteiger partial charge in [0.2, 0.25) is 0 Å². The number of carbonyl (C=O) groups excluding carboxylic acids is 1. The second-order valence-corrected chi connectivity index (χ2v) is 7.61. The summed E-state index contributed by atoms with van der Waals surface area (Å²) in [5, 5.41) is 12.7. The molecule has 5 rings (SSSR count). The molecule has 146 valence electrons. The van der Waals surface area contributed by atoms with Gasteiger partial charge in [-0.05, 0) is 38.0 Å². The Kier molecular flexibility index (Phi) is 4.16. The fourth-order valence-electron chi connectivity index (χ4n) is 3.67. The van der Waals surface area contributed by atoms with Crippen LogP contribution in [0.3, 0.4) is 0 Å². The number of aromatic nitrogens is 5. The number of carbonyl (C=O) groups is 1. The highest BCUT2D eigenvalue weighted by atomic mass is 16.1. The summed E-state index contributed by atoms with van der Waals surface area (Å²) >= 11 is 0. The summed E-state index contributed by atoms with van der Waals surface area (Å²) in [6.45, 7) is 2.36. The fourth-order valence-corrected chi connectivity index (χ4v) is 3.67. The molecule has 0 spiro atoms. The predicted octanol–water partition coefficient (Wildman–Crippen LogP) is 3.27. The van der Waals surface area contributed by atoms with E-state index in [0.29, 0.717) is 18.0 Å². The molecule has 1 N–H and O–H groups in total. The van der Waals surface area contributed by atoms with Gasteiger partial charge in [0.05, 0.1) is 28.5 Å². The van der Waals surface area contributed by atoms with Crippen molar-refractivity contribution in [2.75, 3.05) is 0 Å². The molecule has 0 aliphatic heterocycles. The van der Waals surface area contributed by atoms with E-state index in [2.05, 4.69) is 10.4 Å². The molecule has 29 heavy (non-hydrogen) atoms. The number of aryl methyl sites for hydroxylation is 2. The number of rotatable bonds is 5. The SMILES string of the molecule is Cc1nn(-c2ccccc2)c2nc(C3CC3)cc(C(=O)NCc3cnn(C)c3)c12. The van der Waals surface area contributed by atoms with E-state index in [9.17, 15) is 4.79 Å². The molecule has 3 aromatic heterocycles. The Balaban J connectivity index is 1.58. The summed E-state index contributed by atoms with van der Waals surface area (Å²) in [5.74, 6) is 0.322. The first-order chi connectivity index (χ1) is 14.1. The van der Waals surface area contributed by atoms with Gasteiger partial charge in [-0.15, -0.1) is 0 Å². The third kappa shape index (κ3) is 3.29. The van der Waals surface area contributed by atoms with Crippen molar-refractivity contribution in [3.05, 3.63) is 71.3 Å². The molecule has 0 radical (unpaired) electrons. The second kappa shape index (κ2) is 6.84. The molecule has 0 saturated heterocycles. The van der Waals surface area contributed by atoms with E-state index >= 15 is 0 Å². The standard InChI is InChI=1S/C22H22N6O/c1-14-20-18(22(29)23-11-15-12-24-27(2)13-15)10-19(16-8-9-16)25-21(20)28(26-14)17-6-4-3-5-7-17/h3-7,10,12-13,16H,8-9,11H2,1-2H3,(H,23,29). The average molecular weight is 386 g/mol. The highest BCUT2D eigenvalue weighted by Crippen LogP contribution is 2.40. The molecule has 1 fully saturated rings. The minimum absolute atomic E-state index is 0.112. The number of nitrogens with zero attached hydrogens (tertiary/aromatic N) is 5. The second-order valence-electron chi connectivity index (χ2n) is 7.61. The average Bonchev–Trinajstić information content (AvgIpc) is 3.43. The minimum Gasteiger partial charge on any atom is -0.348 e. The van der Waals surface area contributed by atoms with Crippen molar-refractivity contribution in [2.24, 2.45) is 7.05 Å². The van der Waals surface area contributed by atoms with E-state index in [1.165, 1.54) is 0 Å². The maximum atomic E-state index is 13.1. The Hall–Kier alpha value is -3.48. The topological polar surface area (TPSA) is 77.6 Å². The molecule has 7 nitrogen and oxygen atoms in total. The van der Waals surface area contributed by atoms with Gasteiger partial charge in [-0.1, -0.05) is 18.2 Å². The summed E-state index contributed by atoms with van der Waals surface area (Å²) in [5.41, 5.74) is 5.05. The number of amides is 1. The zero-order valence-corrected chi connectivity index (χ0v) is 16.5. The fraction of sp³-hybridized carbons (Fsp3) is 0.273. The van der Waals surface area contributed by atoms with Gasteiger partial charge >= 0.3 is 0 Å². The van der Waals surface area contributed by atoms with Crippen LogP contribution < -0.4 is 5.32 Å². The van der Waals surface area contributed by atoms with E-state index in [-0.39, 0.29) is 5.91 Å². The maximum Gasteiger partial charge on any atom is 0.252 e. The van der Waals surface area contributed by atoms with E-state index in [1.807, 2.05) is 61.2 Å².